The normalized spacial score (nSPS) is 37.8. The first-order valence-electron chi connectivity index (χ1n) is 9.26. The fourth-order valence-corrected chi connectivity index (χ4v) is 7.67. The van der Waals surface area contributed by atoms with Gasteiger partial charge in [-0.2, -0.15) is 0 Å². The molecule has 122 valence electrons. The van der Waals surface area contributed by atoms with E-state index in [-0.39, 0.29) is 5.41 Å². The molecule has 7 rings (SSSR count). The van der Waals surface area contributed by atoms with Crippen LogP contribution < -0.4 is 0 Å². The lowest BCUT2D eigenvalue weighted by atomic mass is 9.43. The number of hydrogen-bond acceptors (Lipinski definition) is 0. The van der Waals surface area contributed by atoms with Crippen LogP contribution in [0.3, 0.4) is 0 Å². The Hall–Kier alpha value is -0.790. The maximum absolute atomic E-state index is 6.48. The van der Waals surface area contributed by atoms with Gasteiger partial charge in [-0.15, -0.1) is 0 Å². The summed E-state index contributed by atoms with van der Waals surface area (Å²) >= 11 is 10.2. The maximum atomic E-state index is 6.48. The van der Waals surface area contributed by atoms with Crippen LogP contribution in [0.1, 0.15) is 43.2 Å². The first-order valence-corrected chi connectivity index (χ1v) is 10.4. The molecule has 5 aliphatic carbocycles. The van der Waals surface area contributed by atoms with Crippen LogP contribution in [-0.2, 0) is 5.41 Å². The molecule has 4 saturated carbocycles. The van der Waals surface area contributed by atoms with Crippen molar-refractivity contribution in [2.75, 3.05) is 0 Å². The highest BCUT2D eigenvalue weighted by Gasteiger charge is 2.61. The second-order valence-corrected chi connectivity index (χ2v) is 9.91. The van der Waals surface area contributed by atoms with Crippen molar-refractivity contribution in [1.82, 2.24) is 0 Å². The van der Waals surface area contributed by atoms with Gasteiger partial charge in [0.25, 0.3) is 0 Å². The van der Waals surface area contributed by atoms with Gasteiger partial charge in [-0.1, -0.05) is 39.7 Å². The molecule has 0 unspecified atom stereocenters. The molecule has 0 aromatic heterocycles. The van der Waals surface area contributed by atoms with Crippen LogP contribution >= 0.6 is 27.5 Å². The first kappa shape index (κ1) is 14.4. The summed E-state index contributed by atoms with van der Waals surface area (Å²) < 4.78 is 1.22. The summed E-state index contributed by atoms with van der Waals surface area (Å²) in [6.07, 6.45) is 7.18. The fraction of sp³-hybridized carbons (Fsp3) is 0.455. The summed E-state index contributed by atoms with van der Waals surface area (Å²) in [4.78, 5) is 0. The Morgan fingerprint density at radius 3 is 2.04 bits per heavy atom. The van der Waals surface area contributed by atoms with Gasteiger partial charge in [-0.05, 0) is 102 Å². The van der Waals surface area contributed by atoms with Crippen LogP contribution in [0.25, 0.3) is 11.1 Å². The molecule has 24 heavy (non-hydrogen) atoms. The van der Waals surface area contributed by atoms with Crippen LogP contribution in [0, 0.1) is 23.7 Å². The van der Waals surface area contributed by atoms with Crippen LogP contribution in [0.15, 0.2) is 40.9 Å². The number of rotatable bonds is 0. The minimum absolute atomic E-state index is 0.229. The van der Waals surface area contributed by atoms with Gasteiger partial charge < -0.3 is 0 Å². The predicted octanol–water partition coefficient (Wildman–Crippen LogP) is 6.83. The third kappa shape index (κ3) is 1.62. The van der Waals surface area contributed by atoms with Crippen LogP contribution in [0.2, 0.25) is 5.02 Å². The van der Waals surface area contributed by atoms with Crippen molar-refractivity contribution in [3.63, 3.8) is 0 Å². The Balaban J connectivity index is 1.69. The largest absolute Gasteiger partial charge is 0.0843 e. The van der Waals surface area contributed by atoms with Crippen molar-refractivity contribution < 1.29 is 0 Å². The van der Waals surface area contributed by atoms with Gasteiger partial charge >= 0.3 is 0 Å². The second kappa shape index (κ2) is 4.68. The van der Waals surface area contributed by atoms with E-state index >= 15 is 0 Å². The fourth-order valence-electron chi connectivity index (χ4n) is 7.14. The number of fused-ring (bicyclic) bond motifs is 3. The molecule has 0 heterocycles. The molecular weight excluding hydrogens is 380 g/mol. The molecule has 0 aliphatic heterocycles. The van der Waals surface area contributed by atoms with Gasteiger partial charge in [0.2, 0.25) is 0 Å². The summed E-state index contributed by atoms with van der Waals surface area (Å²) in [7, 11) is 0. The topological polar surface area (TPSA) is 0 Å². The molecule has 0 N–H and O–H groups in total. The third-order valence-corrected chi connectivity index (χ3v) is 8.30. The molecule has 0 nitrogen and oxygen atoms in total. The average molecular weight is 400 g/mol. The van der Waals surface area contributed by atoms with E-state index in [4.69, 9.17) is 11.6 Å². The molecule has 4 fully saturated rings. The number of benzene rings is 2. The van der Waals surface area contributed by atoms with Crippen LogP contribution in [-0.4, -0.2) is 0 Å². The zero-order valence-electron chi connectivity index (χ0n) is 13.6. The summed E-state index contributed by atoms with van der Waals surface area (Å²) in [5.41, 5.74) is 6.25. The van der Waals surface area contributed by atoms with E-state index in [2.05, 4.69) is 52.3 Å². The van der Waals surface area contributed by atoms with Crippen molar-refractivity contribution >= 4 is 27.5 Å². The van der Waals surface area contributed by atoms with E-state index in [0.29, 0.717) is 0 Å². The van der Waals surface area contributed by atoms with E-state index in [9.17, 15) is 0 Å². The van der Waals surface area contributed by atoms with Gasteiger partial charge in [0.15, 0.2) is 0 Å². The molecule has 1 spiro atoms. The SMILES string of the molecule is Clc1ccc2c(c1)C1(c3cc(Br)ccc3-2)C2CC3CC(C2)CC1C3. The molecule has 0 saturated heterocycles. The highest BCUT2D eigenvalue weighted by atomic mass is 79.9. The van der Waals surface area contributed by atoms with Crippen molar-refractivity contribution in [2.45, 2.75) is 37.5 Å². The van der Waals surface area contributed by atoms with E-state index in [0.717, 1.165) is 28.7 Å². The summed E-state index contributed by atoms with van der Waals surface area (Å²) in [6.45, 7) is 0. The summed E-state index contributed by atoms with van der Waals surface area (Å²) in [6, 6.07) is 13.6. The Bertz CT molecular complexity index is 787. The zero-order chi connectivity index (χ0) is 16.1. The van der Waals surface area contributed by atoms with Crippen molar-refractivity contribution in [1.29, 1.82) is 0 Å². The van der Waals surface area contributed by atoms with Crippen LogP contribution in [0.5, 0.6) is 0 Å². The number of halogens is 2. The highest BCUT2D eigenvalue weighted by molar-refractivity contribution is 9.10. The van der Waals surface area contributed by atoms with Gasteiger partial charge in [0.05, 0.1) is 0 Å². The second-order valence-electron chi connectivity index (χ2n) is 8.55. The van der Waals surface area contributed by atoms with Gasteiger partial charge in [0, 0.05) is 14.9 Å². The Kier molecular flexibility index (Phi) is 2.80. The third-order valence-electron chi connectivity index (χ3n) is 7.57. The van der Waals surface area contributed by atoms with Crippen molar-refractivity contribution in [2.24, 2.45) is 23.7 Å². The molecule has 5 aliphatic rings. The van der Waals surface area contributed by atoms with E-state index in [1.807, 2.05) is 0 Å². The quantitative estimate of drug-likeness (QED) is 0.455. The first-order chi connectivity index (χ1) is 11.7. The number of hydrogen-bond donors (Lipinski definition) is 0. The van der Waals surface area contributed by atoms with E-state index in [1.54, 1.807) is 5.56 Å². The summed E-state index contributed by atoms with van der Waals surface area (Å²) in [5.74, 6) is 3.58. The highest BCUT2D eigenvalue weighted by Crippen LogP contribution is 2.69. The smallest absolute Gasteiger partial charge is 0.0409 e. The molecule has 0 atom stereocenters. The molecule has 2 aromatic rings. The van der Waals surface area contributed by atoms with Crippen LogP contribution in [0.4, 0.5) is 0 Å². The van der Waals surface area contributed by atoms with E-state index < -0.39 is 0 Å². The Labute approximate surface area is 156 Å². The molecule has 0 radical (unpaired) electrons. The predicted molar refractivity (Wildman–Crippen MR) is 102 cm³/mol. The molecule has 4 bridgehead atoms. The molecule has 2 aromatic carbocycles. The Morgan fingerprint density at radius 2 is 1.38 bits per heavy atom. The van der Waals surface area contributed by atoms with E-state index in [1.165, 1.54) is 53.3 Å². The lowest BCUT2D eigenvalue weighted by Gasteiger charge is -2.61. The van der Waals surface area contributed by atoms with Gasteiger partial charge in [-0.3, -0.25) is 0 Å². The van der Waals surface area contributed by atoms with Crippen molar-refractivity contribution in [3.05, 3.63) is 57.0 Å². The monoisotopic (exact) mass is 398 g/mol. The lowest BCUT2D eigenvalue weighted by Crippen LogP contribution is -2.55. The minimum atomic E-state index is 0.229. The lowest BCUT2D eigenvalue weighted by molar-refractivity contribution is -0.0399. The van der Waals surface area contributed by atoms with Gasteiger partial charge in [0.1, 0.15) is 0 Å². The maximum Gasteiger partial charge on any atom is 0.0409 e. The molecule has 2 heteroatoms. The van der Waals surface area contributed by atoms with Gasteiger partial charge in [-0.25, -0.2) is 0 Å². The Morgan fingerprint density at radius 1 is 0.792 bits per heavy atom. The summed E-state index contributed by atoms with van der Waals surface area (Å²) in [5, 5.41) is 0.897. The standard InChI is InChI=1S/C22H20BrCl/c23-16-1-3-18-19-4-2-17(24)11-21(19)22(20(18)10-16)14-6-12-5-13(8-14)9-15(22)7-12/h1-4,10-15H,5-9H2. The molecular formula is C22H20BrCl. The van der Waals surface area contributed by atoms with Crippen molar-refractivity contribution in [3.8, 4) is 11.1 Å². The average Bonchev–Trinajstić information content (AvgIpc) is 2.81. The molecule has 0 amide bonds. The zero-order valence-corrected chi connectivity index (χ0v) is 15.9. The minimum Gasteiger partial charge on any atom is -0.0843 e.